The number of nitrogens with zero attached hydrogens (tertiary/aromatic N) is 2. The second-order valence-electron chi connectivity index (χ2n) is 10.1. The Morgan fingerprint density at radius 2 is 2.02 bits per heavy atom. The quantitative estimate of drug-likeness (QED) is 0.494. The molecule has 1 aromatic heterocycles. The van der Waals surface area contributed by atoms with Crippen molar-refractivity contribution in [1.82, 2.24) is 20.7 Å². The van der Waals surface area contributed by atoms with Crippen LogP contribution in [0.1, 0.15) is 39.4 Å². The molecule has 0 unspecified atom stereocenters. The number of methoxy groups -OCH3 is 1. The lowest BCUT2D eigenvalue weighted by molar-refractivity contribution is -0.133. The Morgan fingerprint density at radius 1 is 1.20 bits per heavy atom. The van der Waals surface area contributed by atoms with Crippen molar-refractivity contribution in [3.8, 4) is 17.2 Å². The van der Waals surface area contributed by atoms with Gasteiger partial charge in [-0.3, -0.25) is 14.4 Å². The number of carbonyl (C=O) groups excluding carboxylic acids is 3. The summed E-state index contributed by atoms with van der Waals surface area (Å²) in [6.07, 6.45) is -0.0585. The minimum Gasteiger partial charge on any atom is -0.493 e. The van der Waals surface area contributed by atoms with E-state index in [-0.39, 0.29) is 49.1 Å². The predicted octanol–water partition coefficient (Wildman–Crippen LogP) is 2.47. The third kappa shape index (κ3) is 6.42. The number of likely N-dealkylation sites (tertiary alicyclic amines) is 1. The van der Waals surface area contributed by atoms with Crippen LogP contribution in [0.5, 0.6) is 17.2 Å². The molecule has 0 radical (unpaired) electrons. The number of hydrogen-bond acceptors (Lipinski definition) is 8. The van der Waals surface area contributed by atoms with Crippen LogP contribution in [0.2, 0.25) is 0 Å². The van der Waals surface area contributed by atoms with Gasteiger partial charge in [0.2, 0.25) is 5.91 Å². The van der Waals surface area contributed by atoms with E-state index < -0.39 is 29.8 Å². The molecule has 2 aromatic carbocycles. The summed E-state index contributed by atoms with van der Waals surface area (Å²) in [7, 11) is 1.45. The molecule has 1 saturated heterocycles. The van der Waals surface area contributed by atoms with E-state index in [0.717, 1.165) is 5.56 Å². The number of halogens is 1. The molecule has 4 bridgehead atoms. The van der Waals surface area contributed by atoms with E-state index in [1.165, 1.54) is 25.3 Å². The molecular formula is C29H31FN4O7. The average molecular weight is 567 g/mol. The zero-order valence-corrected chi connectivity index (χ0v) is 23.0. The van der Waals surface area contributed by atoms with Gasteiger partial charge in [0.05, 0.1) is 25.3 Å². The highest BCUT2D eigenvalue weighted by Crippen LogP contribution is 2.29. The molecule has 2 N–H and O–H groups in total. The molecule has 5 rings (SSSR count). The molecule has 0 saturated carbocycles. The Labute approximate surface area is 235 Å². The summed E-state index contributed by atoms with van der Waals surface area (Å²) in [6.45, 7) is 3.81. The fraction of sp³-hybridized carbons (Fsp3) is 0.379. The second-order valence-corrected chi connectivity index (χ2v) is 10.1. The number of piperidine rings is 1. The smallest absolute Gasteiger partial charge is 0.258 e. The number of amides is 3. The topological polar surface area (TPSA) is 132 Å². The Bertz CT molecular complexity index is 1450. The van der Waals surface area contributed by atoms with Crippen LogP contribution < -0.4 is 24.8 Å². The molecule has 0 spiro atoms. The Morgan fingerprint density at radius 3 is 2.78 bits per heavy atom. The van der Waals surface area contributed by atoms with Gasteiger partial charge in [-0.05, 0) is 49.7 Å². The summed E-state index contributed by atoms with van der Waals surface area (Å²) < 4.78 is 36.9. The van der Waals surface area contributed by atoms with Gasteiger partial charge in [0, 0.05) is 43.2 Å². The summed E-state index contributed by atoms with van der Waals surface area (Å²) >= 11 is 0. The van der Waals surface area contributed by atoms with E-state index in [0.29, 0.717) is 35.7 Å². The maximum atomic E-state index is 14.5. The van der Waals surface area contributed by atoms with Crippen LogP contribution in [0, 0.1) is 19.7 Å². The van der Waals surface area contributed by atoms with E-state index in [9.17, 15) is 18.8 Å². The lowest BCUT2D eigenvalue weighted by Gasteiger charge is -2.39. The largest absolute Gasteiger partial charge is 0.493 e. The van der Waals surface area contributed by atoms with Gasteiger partial charge in [-0.2, -0.15) is 0 Å². The fourth-order valence-electron chi connectivity index (χ4n) is 5.00. The van der Waals surface area contributed by atoms with Gasteiger partial charge in [-0.25, -0.2) is 4.39 Å². The number of benzene rings is 2. The number of nitrogens with one attached hydrogen (secondary N) is 2. The van der Waals surface area contributed by atoms with Crippen molar-refractivity contribution in [2.75, 3.05) is 26.8 Å². The van der Waals surface area contributed by atoms with Crippen LogP contribution in [-0.2, 0) is 22.6 Å². The summed E-state index contributed by atoms with van der Waals surface area (Å²) in [5.41, 5.74) is 2.15. The number of ether oxygens (including phenoxy) is 3. The van der Waals surface area contributed by atoms with E-state index in [1.807, 2.05) is 0 Å². The number of hydrogen-bond donors (Lipinski definition) is 2. The molecule has 2 atom stereocenters. The van der Waals surface area contributed by atoms with Gasteiger partial charge < -0.3 is 34.3 Å². The third-order valence-electron chi connectivity index (χ3n) is 7.22. The van der Waals surface area contributed by atoms with E-state index in [2.05, 4.69) is 15.8 Å². The summed E-state index contributed by atoms with van der Waals surface area (Å²) in [5.74, 6) is -0.142. The molecule has 41 heavy (non-hydrogen) atoms. The molecule has 11 nitrogen and oxygen atoms in total. The van der Waals surface area contributed by atoms with Gasteiger partial charge in [-0.15, -0.1) is 0 Å². The lowest BCUT2D eigenvalue weighted by atomic mass is 9.99. The van der Waals surface area contributed by atoms with Crippen molar-refractivity contribution in [2.24, 2.45) is 0 Å². The molecule has 3 heterocycles. The molecule has 3 amide bonds. The number of rotatable bonds is 3. The van der Waals surface area contributed by atoms with Crippen molar-refractivity contribution in [3.63, 3.8) is 0 Å². The van der Waals surface area contributed by atoms with Crippen molar-refractivity contribution < 1.29 is 37.5 Å². The minimum atomic E-state index is -0.615. The molecule has 0 aliphatic carbocycles. The highest BCUT2D eigenvalue weighted by atomic mass is 19.1. The molecule has 2 aliphatic rings. The highest BCUT2D eigenvalue weighted by molar-refractivity contribution is 5.95. The van der Waals surface area contributed by atoms with Crippen LogP contribution >= 0.6 is 0 Å². The Balaban J connectivity index is 1.44. The predicted molar refractivity (Wildman–Crippen MR) is 143 cm³/mol. The highest BCUT2D eigenvalue weighted by Gasteiger charge is 2.35. The van der Waals surface area contributed by atoms with Crippen LogP contribution in [0.15, 0.2) is 40.9 Å². The Hall–Kier alpha value is -4.61. The average Bonchev–Trinajstić information content (AvgIpc) is 3.27. The maximum absolute atomic E-state index is 14.5. The van der Waals surface area contributed by atoms with Crippen molar-refractivity contribution >= 4 is 17.7 Å². The van der Waals surface area contributed by atoms with E-state index >= 15 is 0 Å². The van der Waals surface area contributed by atoms with E-state index in [1.54, 1.807) is 36.9 Å². The first-order valence-electron chi connectivity index (χ1n) is 13.2. The van der Waals surface area contributed by atoms with Crippen LogP contribution in [0.4, 0.5) is 4.39 Å². The molecule has 1 fully saturated rings. The first-order chi connectivity index (χ1) is 19.7. The molecule has 12 heteroatoms. The van der Waals surface area contributed by atoms with Crippen molar-refractivity contribution in [3.05, 3.63) is 70.4 Å². The van der Waals surface area contributed by atoms with Gasteiger partial charge in [0.15, 0.2) is 18.1 Å². The third-order valence-corrected chi connectivity index (χ3v) is 7.22. The van der Waals surface area contributed by atoms with Crippen LogP contribution in [0.3, 0.4) is 0 Å². The van der Waals surface area contributed by atoms with E-state index in [4.69, 9.17) is 18.7 Å². The molecular weight excluding hydrogens is 535 g/mol. The standard InChI is InChI=1S/C29H31FN4O7/c1-16-22(17(2)41-33-16)12-28(36)34-7-6-24-23(14-34)32-29(37)19-4-5-25(38-3)26(10-19)39-15-27(35)31-13-18-8-20(30)11-21(9-18)40-24/h4-5,8-11,23-24H,6-7,12-15H2,1-3H3,(H,31,35)(H,32,37)/t23-,24+/m0/s1. The van der Waals surface area contributed by atoms with Gasteiger partial charge >= 0.3 is 0 Å². The van der Waals surface area contributed by atoms with Gasteiger partial charge in [0.25, 0.3) is 11.8 Å². The fourth-order valence-corrected chi connectivity index (χ4v) is 5.00. The Kier molecular flexibility index (Phi) is 8.09. The summed E-state index contributed by atoms with van der Waals surface area (Å²) in [4.78, 5) is 40.8. The number of carbonyl (C=O) groups is 3. The molecule has 3 aromatic rings. The van der Waals surface area contributed by atoms with Crippen molar-refractivity contribution in [2.45, 2.75) is 45.4 Å². The summed E-state index contributed by atoms with van der Waals surface area (Å²) in [6, 6.07) is 8.21. The number of aryl methyl sites for hydroxylation is 2. The molecule has 2 aliphatic heterocycles. The number of aromatic nitrogens is 1. The van der Waals surface area contributed by atoms with Gasteiger partial charge in [-0.1, -0.05) is 5.16 Å². The van der Waals surface area contributed by atoms with Crippen molar-refractivity contribution in [1.29, 1.82) is 0 Å². The second kappa shape index (κ2) is 11.9. The first-order valence-corrected chi connectivity index (χ1v) is 13.2. The summed E-state index contributed by atoms with van der Waals surface area (Å²) in [5, 5.41) is 9.61. The monoisotopic (exact) mass is 566 g/mol. The maximum Gasteiger partial charge on any atom is 0.258 e. The van der Waals surface area contributed by atoms with Crippen LogP contribution in [0.25, 0.3) is 0 Å². The number of fused-ring (bicyclic) bond motifs is 5. The SMILES string of the molecule is COc1ccc2cc1OCC(=O)NCc1cc(F)cc(c1)O[C@@H]1CCN(C(=O)Cc3c(C)noc3C)C[C@@H]1NC2=O. The minimum absolute atomic E-state index is 0.0578. The zero-order valence-electron chi connectivity index (χ0n) is 23.0. The normalized spacial score (nSPS) is 19.3. The lowest BCUT2D eigenvalue weighted by Crippen LogP contribution is -2.58. The zero-order chi connectivity index (χ0) is 29.1. The van der Waals surface area contributed by atoms with Crippen LogP contribution in [-0.4, -0.2) is 66.7 Å². The van der Waals surface area contributed by atoms with Gasteiger partial charge in [0.1, 0.15) is 23.4 Å². The first kappa shape index (κ1) is 27.9. The molecule has 216 valence electrons.